The lowest BCUT2D eigenvalue weighted by Gasteiger charge is -2.20. The maximum Gasteiger partial charge on any atom is 0.331 e. The first kappa shape index (κ1) is 35.1. The van der Waals surface area contributed by atoms with Crippen molar-refractivity contribution in [3.63, 3.8) is 0 Å². The lowest BCUT2D eigenvalue weighted by atomic mass is 10.2. The first-order valence-electron chi connectivity index (χ1n) is 12.5. The minimum absolute atomic E-state index is 0.0213. The molecule has 3 N–H and O–H groups in total. The van der Waals surface area contributed by atoms with Gasteiger partial charge in [-0.25, -0.2) is 0 Å². The Balaban J connectivity index is 3.56. The molecule has 0 bridgehead atoms. The quantitative estimate of drug-likeness (QED) is 0.113. The standard InChI is InChI=1S/C22H48O11P2/c1-5-8-20(4)34(24,25)33-19-21(23)18-31-15-14-29-11-10-28-12-13-30-16-17-32-35(26,27)22(7-3)9-6-2/h20-23H,5-19H2,1-4H3,(H,24,25)(H,26,27). The summed E-state index contributed by atoms with van der Waals surface area (Å²) in [6.07, 6.45) is 2.48. The van der Waals surface area contributed by atoms with Crippen LogP contribution in [0.5, 0.6) is 0 Å². The largest absolute Gasteiger partial charge is 0.388 e. The highest BCUT2D eigenvalue weighted by molar-refractivity contribution is 7.53. The van der Waals surface area contributed by atoms with Crippen LogP contribution in [0.4, 0.5) is 0 Å². The topological polar surface area (TPSA) is 150 Å². The average Bonchev–Trinajstić information content (AvgIpc) is 2.81. The molecule has 11 nitrogen and oxygen atoms in total. The van der Waals surface area contributed by atoms with Gasteiger partial charge >= 0.3 is 15.2 Å². The summed E-state index contributed by atoms with van der Waals surface area (Å²) in [6, 6.07) is 0. The summed E-state index contributed by atoms with van der Waals surface area (Å²) in [4.78, 5) is 19.8. The third-order valence-electron chi connectivity index (χ3n) is 5.20. The van der Waals surface area contributed by atoms with Gasteiger partial charge in [-0.05, 0) is 19.3 Å². The summed E-state index contributed by atoms with van der Waals surface area (Å²) in [6.45, 7) is 9.46. The van der Waals surface area contributed by atoms with Gasteiger partial charge < -0.3 is 42.9 Å². The Hall–Kier alpha value is 0.1000. The van der Waals surface area contributed by atoms with Gasteiger partial charge in [-0.3, -0.25) is 9.13 Å². The Bertz CT molecular complexity index is 594. The number of aliphatic hydroxyl groups is 1. The number of ether oxygens (including phenoxy) is 4. The van der Waals surface area contributed by atoms with Crippen molar-refractivity contribution in [1.82, 2.24) is 0 Å². The first-order chi connectivity index (χ1) is 16.6. The van der Waals surface area contributed by atoms with Crippen molar-refractivity contribution in [2.45, 2.75) is 77.2 Å². The Morgan fingerprint density at radius 1 is 0.657 bits per heavy atom. The van der Waals surface area contributed by atoms with Gasteiger partial charge in [-0.1, -0.05) is 40.5 Å². The van der Waals surface area contributed by atoms with Crippen molar-refractivity contribution >= 4 is 15.2 Å². The fraction of sp³-hybridized carbons (Fsp3) is 1.00. The minimum atomic E-state index is -3.73. The molecular weight excluding hydrogens is 502 g/mol. The van der Waals surface area contributed by atoms with Crippen molar-refractivity contribution in [1.29, 1.82) is 0 Å². The van der Waals surface area contributed by atoms with Gasteiger partial charge in [0.1, 0.15) is 6.10 Å². The third-order valence-corrected chi connectivity index (χ3v) is 9.19. The van der Waals surface area contributed by atoms with Crippen LogP contribution >= 0.6 is 15.2 Å². The Kier molecular flexibility index (Phi) is 21.1. The van der Waals surface area contributed by atoms with E-state index in [0.717, 1.165) is 12.8 Å². The molecule has 0 aromatic carbocycles. The summed E-state index contributed by atoms with van der Waals surface area (Å²) in [5, 5.41) is 9.81. The second kappa shape index (κ2) is 21.1. The molecule has 0 fully saturated rings. The summed E-state index contributed by atoms with van der Waals surface area (Å²) in [5.41, 5.74) is -0.793. The van der Waals surface area contributed by atoms with Gasteiger partial charge in [-0.15, -0.1) is 0 Å². The maximum absolute atomic E-state index is 12.2. The van der Waals surface area contributed by atoms with Crippen LogP contribution in [0.2, 0.25) is 0 Å². The molecular formula is C22H48O11P2. The molecule has 35 heavy (non-hydrogen) atoms. The molecule has 0 aliphatic heterocycles. The number of aliphatic hydroxyl groups excluding tert-OH is 1. The van der Waals surface area contributed by atoms with Gasteiger partial charge in [-0.2, -0.15) is 0 Å². The van der Waals surface area contributed by atoms with E-state index in [4.69, 9.17) is 28.0 Å². The van der Waals surface area contributed by atoms with Crippen LogP contribution in [0.3, 0.4) is 0 Å². The lowest BCUT2D eigenvalue weighted by Crippen LogP contribution is -2.23. The molecule has 0 aromatic rings. The predicted molar refractivity (Wildman–Crippen MR) is 134 cm³/mol. The smallest absolute Gasteiger partial charge is 0.331 e. The third kappa shape index (κ3) is 18.1. The maximum atomic E-state index is 12.2. The Morgan fingerprint density at radius 3 is 1.63 bits per heavy atom. The molecule has 5 atom stereocenters. The second-order valence-corrected chi connectivity index (χ2v) is 12.7. The summed E-state index contributed by atoms with van der Waals surface area (Å²) in [7, 11) is -7.33. The molecule has 0 aliphatic rings. The van der Waals surface area contributed by atoms with Gasteiger partial charge in [0.25, 0.3) is 0 Å². The normalized spacial score (nSPS) is 18.0. The van der Waals surface area contributed by atoms with Gasteiger partial charge in [0.15, 0.2) is 0 Å². The van der Waals surface area contributed by atoms with Crippen molar-refractivity contribution in [2.75, 3.05) is 66.1 Å². The van der Waals surface area contributed by atoms with Crippen molar-refractivity contribution in [3.05, 3.63) is 0 Å². The average molecular weight is 551 g/mol. The van der Waals surface area contributed by atoms with Gasteiger partial charge in [0.05, 0.1) is 77.4 Å². The summed E-state index contributed by atoms with van der Waals surface area (Å²) < 4.78 is 55.7. The number of rotatable bonds is 25. The van der Waals surface area contributed by atoms with Crippen molar-refractivity contribution in [3.8, 4) is 0 Å². The van der Waals surface area contributed by atoms with Crippen LogP contribution in [0.15, 0.2) is 0 Å². The molecule has 0 heterocycles. The lowest BCUT2D eigenvalue weighted by molar-refractivity contribution is -0.0259. The van der Waals surface area contributed by atoms with Crippen LogP contribution < -0.4 is 0 Å². The van der Waals surface area contributed by atoms with Crippen LogP contribution in [-0.4, -0.2) is 98.4 Å². The fourth-order valence-corrected chi connectivity index (χ4v) is 5.91. The van der Waals surface area contributed by atoms with E-state index in [9.17, 15) is 24.0 Å². The Labute approximate surface area is 210 Å². The fourth-order valence-electron chi connectivity index (χ4n) is 3.09. The van der Waals surface area contributed by atoms with E-state index in [1.807, 2.05) is 20.8 Å². The summed E-state index contributed by atoms with van der Waals surface area (Å²) >= 11 is 0. The van der Waals surface area contributed by atoms with E-state index in [0.29, 0.717) is 52.3 Å². The molecule has 0 saturated heterocycles. The number of hydrogen-bond donors (Lipinski definition) is 3. The molecule has 0 rings (SSSR count). The number of hydrogen-bond acceptors (Lipinski definition) is 9. The predicted octanol–water partition coefficient (Wildman–Crippen LogP) is 3.59. The molecule has 0 amide bonds. The first-order valence-corrected chi connectivity index (χ1v) is 15.8. The highest BCUT2D eigenvalue weighted by Crippen LogP contribution is 2.50. The molecule has 0 spiro atoms. The van der Waals surface area contributed by atoms with Crippen molar-refractivity contribution in [2.24, 2.45) is 0 Å². The highest BCUT2D eigenvalue weighted by atomic mass is 31.2. The van der Waals surface area contributed by atoms with Gasteiger partial charge in [0, 0.05) is 0 Å². The summed E-state index contributed by atoms with van der Waals surface area (Å²) in [5.74, 6) is 0. The van der Waals surface area contributed by atoms with E-state index in [-0.39, 0.29) is 38.7 Å². The molecule has 5 unspecified atom stereocenters. The second-order valence-electron chi connectivity index (χ2n) is 8.31. The molecule has 0 saturated carbocycles. The van der Waals surface area contributed by atoms with E-state index in [2.05, 4.69) is 0 Å². The molecule has 0 radical (unpaired) electrons. The van der Waals surface area contributed by atoms with E-state index in [1.54, 1.807) is 6.92 Å². The zero-order chi connectivity index (χ0) is 26.6. The van der Waals surface area contributed by atoms with Crippen LogP contribution in [-0.2, 0) is 37.1 Å². The van der Waals surface area contributed by atoms with Gasteiger partial charge in [0.2, 0.25) is 0 Å². The van der Waals surface area contributed by atoms with Crippen LogP contribution in [0.25, 0.3) is 0 Å². The highest BCUT2D eigenvalue weighted by Gasteiger charge is 2.30. The molecule has 212 valence electrons. The van der Waals surface area contributed by atoms with E-state index in [1.165, 1.54) is 0 Å². The zero-order valence-electron chi connectivity index (χ0n) is 21.8. The van der Waals surface area contributed by atoms with E-state index < -0.39 is 27.0 Å². The minimum Gasteiger partial charge on any atom is -0.388 e. The molecule has 0 aliphatic carbocycles. The molecule has 0 aromatic heterocycles. The van der Waals surface area contributed by atoms with Crippen LogP contribution in [0, 0.1) is 0 Å². The molecule has 13 heteroatoms. The SMILES string of the molecule is CCCC(C)P(=O)(O)OCC(O)COCCOCCOCCOCCOP(=O)(O)C(CC)CCC. The zero-order valence-corrected chi connectivity index (χ0v) is 23.6. The van der Waals surface area contributed by atoms with E-state index >= 15 is 0 Å². The van der Waals surface area contributed by atoms with Crippen molar-refractivity contribution < 1.29 is 52.0 Å². The Morgan fingerprint density at radius 2 is 1.14 bits per heavy atom. The monoisotopic (exact) mass is 550 g/mol. The van der Waals surface area contributed by atoms with Crippen LogP contribution in [0.1, 0.15) is 59.8 Å².